The molecule has 4 heteroatoms. The van der Waals surface area contributed by atoms with Crippen LogP contribution in [0, 0.1) is 6.92 Å². The van der Waals surface area contributed by atoms with Crippen LogP contribution in [0.4, 0.5) is 0 Å². The van der Waals surface area contributed by atoms with Gasteiger partial charge in [-0.1, -0.05) is 33.6 Å². The van der Waals surface area contributed by atoms with Crippen LogP contribution in [0.2, 0.25) is 0 Å². The number of rotatable bonds is 3. The van der Waals surface area contributed by atoms with Gasteiger partial charge in [-0.25, -0.2) is 0 Å². The molecule has 96 valence electrons. The van der Waals surface area contributed by atoms with Crippen molar-refractivity contribution in [2.24, 2.45) is 5.73 Å². The smallest absolute Gasteiger partial charge is 0.0734 e. The lowest BCUT2D eigenvalue weighted by molar-refractivity contribution is 0.499. The van der Waals surface area contributed by atoms with E-state index in [1.165, 1.54) is 5.56 Å². The third kappa shape index (κ3) is 2.49. The molecule has 0 amide bonds. The van der Waals surface area contributed by atoms with Crippen LogP contribution in [0.3, 0.4) is 0 Å². The Bertz CT molecular complexity index is 546. The molecular weight excluding hydrogens is 290 g/mol. The summed E-state index contributed by atoms with van der Waals surface area (Å²) in [6.07, 6.45) is 1.80. The lowest BCUT2D eigenvalue weighted by Crippen LogP contribution is -2.19. The van der Waals surface area contributed by atoms with Crippen LogP contribution in [0.25, 0.3) is 0 Å². The van der Waals surface area contributed by atoms with E-state index < -0.39 is 0 Å². The molecule has 1 atom stereocenters. The monoisotopic (exact) mass is 307 g/mol. The van der Waals surface area contributed by atoms with Gasteiger partial charge in [0.05, 0.1) is 11.7 Å². The van der Waals surface area contributed by atoms with Crippen molar-refractivity contribution in [3.63, 3.8) is 0 Å². The van der Waals surface area contributed by atoms with Crippen LogP contribution in [0.5, 0.6) is 0 Å². The van der Waals surface area contributed by atoms with Crippen LogP contribution >= 0.6 is 15.9 Å². The number of hydrogen-bond donors (Lipinski definition) is 1. The van der Waals surface area contributed by atoms with Gasteiger partial charge in [-0.3, -0.25) is 4.68 Å². The minimum absolute atomic E-state index is 0.163. The molecule has 3 nitrogen and oxygen atoms in total. The van der Waals surface area contributed by atoms with E-state index in [1.54, 1.807) is 6.20 Å². The van der Waals surface area contributed by atoms with E-state index >= 15 is 0 Å². The van der Waals surface area contributed by atoms with Crippen LogP contribution < -0.4 is 5.73 Å². The zero-order valence-electron chi connectivity index (χ0n) is 10.9. The Morgan fingerprint density at radius 1 is 1.28 bits per heavy atom. The van der Waals surface area contributed by atoms with Crippen molar-refractivity contribution in [1.82, 2.24) is 9.78 Å². The first kappa shape index (κ1) is 13.3. The molecule has 0 aliphatic heterocycles. The van der Waals surface area contributed by atoms with Crippen molar-refractivity contribution >= 4 is 15.9 Å². The molecule has 0 radical (unpaired) electrons. The molecule has 0 fully saturated rings. The molecular formula is C14H18BrN3. The van der Waals surface area contributed by atoms with Crippen LogP contribution in [-0.2, 0) is 0 Å². The summed E-state index contributed by atoms with van der Waals surface area (Å²) in [5.41, 5.74) is 9.72. The van der Waals surface area contributed by atoms with Crippen molar-refractivity contribution in [1.29, 1.82) is 0 Å². The minimum Gasteiger partial charge on any atom is -0.319 e. The molecule has 0 saturated heterocycles. The van der Waals surface area contributed by atoms with Gasteiger partial charge >= 0.3 is 0 Å². The fourth-order valence-corrected chi connectivity index (χ4v) is 2.56. The summed E-state index contributed by atoms with van der Waals surface area (Å²) in [6.45, 7) is 6.28. The first-order valence-corrected chi connectivity index (χ1v) is 6.85. The highest BCUT2D eigenvalue weighted by Crippen LogP contribution is 2.28. The number of hydrogen-bond acceptors (Lipinski definition) is 2. The highest BCUT2D eigenvalue weighted by atomic mass is 79.9. The van der Waals surface area contributed by atoms with Crippen molar-refractivity contribution in [3.8, 4) is 0 Å². The van der Waals surface area contributed by atoms with Crippen LogP contribution in [0.15, 0.2) is 34.9 Å². The predicted molar refractivity (Wildman–Crippen MR) is 77.5 cm³/mol. The third-order valence-electron chi connectivity index (χ3n) is 3.00. The minimum atomic E-state index is -0.163. The van der Waals surface area contributed by atoms with E-state index in [1.807, 2.05) is 16.8 Å². The standard InChI is InChI=1S/C14H18BrN3/c1-9(2)18-13(6-7-17-18)14(16)11-8-10(3)4-5-12(11)15/h4-9,14H,16H2,1-3H3. The lowest BCUT2D eigenvalue weighted by Gasteiger charge is -2.18. The summed E-state index contributed by atoms with van der Waals surface area (Å²) in [5.74, 6) is 0. The molecule has 0 aliphatic rings. The van der Waals surface area contributed by atoms with Gasteiger partial charge < -0.3 is 5.73 Å². The fourth-order valence-electron chi connectivity index (χ4n) is 2.06. The van der Waals surface area contributed by atoms with E-state index in [4.69, 9.17) is 5.73 Å². The second-order valence-corrected chi connectivity index (χ2v) is 5.65. The first-order chi connectivity index (χ1) is 8.50. The number of aromatic nitrogens is 2. The summed E-state index contributed by atoms with van der Waals surface area (Å²) in [6, 6.07) is 8.36. The van der Waals surface area contributed by atoms with E-state index in [9.17, 15) is 0 Å². The van der Waals surface area contributed by atoms with E-state index in [0.717, 1.165) is 15.7 Å². The molecule has 2 rings (SSSR count). The number of nitrogens with zero attached hydrogens (tertiary/aromatic N) is 2. The highest BCUT2D eigenvalue weighted by molar-refractivity contribution is 9.10. The van der Waals surface area contributed by atoms with Crippen LogP contribution in [0.1, 0.15) is 42.8 Å². The second kappa shape index (κ2) is 5.24. The maximum Gasteiger partial charge on any atom is 0.0734 e. The Labute approximate surface area is 116 Å². The van der Waals surface area contributed by atoms with Crippen molar-refractivity contribution in [3.05, 3.63) is 51.8 Å². The zero-order valence-corrected chi connectivity index (χ0v) is 12.5. The van der Waals surface area contributed by atoms with Gasteiger partial charge in [0.25, 0.3) is 0 Å². The van der Waals surface area contributed by atoms with Gasteiger partial charge in [-0.2, -0.15) is 5.10 Å². The fraction of sp³-hybridized carbons (Fsp3) is 0.357. The number of benzene rings is 1. The van der Waals surface area contributed by atoms with Gasteiger partial charge in [0.15, 0.2) is 0 Å². The summed E-state index contributed by atoms with van der Waals surface area (Å²) < 4.78 is 3.01. The Kier molecular flexibility index (Phi) is 3.88. The Hall–Kier alpha value is -1.13. The average Bonchev–Trinajstić information content (AvgIpc) is 2.80. The number of halogens is 1. The molecule has 18 heavy (non-hydrogen) atoms. The van der Waals surface area contributed by atoms with Crippen molar-refractivity contribution in [2.45, 2.75) is 32.9 Å². The lowest BCUT2D eigenvalue weighted by atomic mass is 10.0. The van der Waals surface area contributed by atoms with E-state index in [0.29, 0.717) is 6.04 Å². The largest absolute Gasteiger partial charge is 0.319 e. The molecule has 0 aliphatic carbocycles. The van der Waals surface area contributed by atoms with Gasteiger partial charge in [0.1, 0.15) is 0 Å². The normalized spacial score (nSPS) is 13.0. The zero-order chi connectivity index (χ0) is 13.3. The molecule has 1 aromatic carbocycles. The summed E-state index contributed by atoms with van der Waals surface area (Å²) >= 11 is 3.57. The number of nitrogens with two attached hydrogens (primary N) is 1. The topological polar surface area (TPSA) is 43.8 Å². The first-order valence-electron chi connectivity index (χ1n) is 6.05. The van der Waals surface area contributed by atoms with E-state index in [-0.39, 0.29) is 6.04 Å². The molecule has 0 spiro atoms. The summed E-state index contributed by atoms with van der Waals surface area (Å²) in [7, 11) is 0. The van der Waals surface area contributed by atoms with Gasteiger partial charge in [0.2, 0.25) is 0 Å². The predicted octanol–water partition coefficient (Wildman–Crippen LogP) is 3.58. The molecule has 2 aromatic rings. The molecule has 1 heterocycles. The van der Waals surface area contributed by atoms with Gasteiger partial charge in [-0.15, -0.1) is 0 Å². The quantitative estimate of drug-likeness (QED) is 0.942. The molecule has 1 unspecified atom stereocenters. The van der Waals surface area contributed by atoms with Gasteiger partial charge in [0, 0.05) is 16.7 Å². The Balaban J connectivity index is 2.44. The van der Waals surface area contributed by atoms with Gasteiger partial charge in [-0.05, 0) is 38.5 Å². The van der Waals surface area contributed by atoms with Crippen LogP contribution in [-0.4, -0.2) is 9.78 Å². The Morgan fingerprint density at radius 2 is 2.00 bits per heavy atom. The summed E-state index contributed by atoms with van der Waals surface area (Å²) in [4.78, 5) is 0. The molecule has 1 aromatic heterocycles. The van der Waals surface area contributed by atoms with E-state index in [2.05, 4.69) is 53.9 Å². The molecule has 0 bridgehead atoms. The molecule has 2 N–H and O–H groups in total. The highest BCUT2D eigenvalue weighted by Gasteiger charge is 2.17. The van der Waals surface area contributed by atoms with Crippen molar-refractivity contribution in [2.75, 3.05) is 0 Å². The SMILES string of the molecule is Cc1ccc(Br)c(C(N)c2ccnn2C(C)C)c1. The maximum absolute atomic E-state index is 6.38. The number of aryl methyl sites for hydroxylation is 1. The molecule has 0 saturated carbocycles. The average molecular weight is 308 g/mol. The summed E-state index contributed by atoms with van der Waals surface area (Å²) in [5, 5.41) is 4.34. The third-order valence-corrected chi connectivity index (χ3v) is 3.72. The second-order valence-electron chi connectivity index (χ2n) is 4.80. The van der Waals surface area contributed by atoms with Crippen molar-refractivity contribution < 1.29 is 0 Å². The maximum atomic E-state index is 6.38. The Morgan fingerprint density at radius 3 is 2.67 bits per heavy atom.